The highest BCUT2D eigenvalue weighted by Crippen LogP contribution is 2.21. The summed E-state index contributed by atoms with van der Waals surface area (Å²) in [5.74, 6) is -0.804. The van der Waals surface area contributed by atoms with E-state index in [2.05, 4.69) is 23.3 Å². The molecule has 28 heavy (non-hydrogen) atoms. The Labute approximate surface area is 162 Å². The number of sulfone groups is 1. The quantitative estimate of drug-likeness (QED) is 0.529. The maximum Gasteiger partial charge on any atom is 0.399 e. The van der Waals surface area contributed by atoms with Gasteiger partial charge in [-0.05, 0) is 19.1 Å². The summed E-state index contributed by atoms with van der Waals surface area (Å²) in [6.45, 7) is 0.817. The third-order valence-corrected chi connectivity index (χ3v) is 5.93. The number of anilines is 2. The van der Waals surface area contributed by atoms with Crippen LogP contribution >= 0.6 is 0 Å². The summed E-state index contributed by atoms with van der Waals surface area (Å²) >= 11 is 0. The lowest BCUT2D eigenvalue weighted by molar-refractivity contribution is 0.255. The van der Waals surface area contributed by atoms with Crippen LogP contribution in [0, 0.1) is 13.0 Å². The minimum absolute atomic E-state index is 0.0374. The van der Waals surface area contributed by atoms with Gasteiger partial charge in [0.05, 0.1) is 25.2 Å². The molecule has 0 aliphatic carbocycles. The van der Waals surface area contributed by atoms with Crippen LogP contribution in [0.5, 0.6) is 0 Å². The molecule has 154 valence electrons. The molecule has 10 nitrogen and oxygen atoms in total. The summed E-state index contributed by atoms with van der Waals surface area (Å²) in [5.41, 5.74) is 0.556. The molecule has 0 fully saturated rings. The number of rotatable bonds is 10. The molecule has 1 aromatic heterocycles. The van der Waals surface area contributed by atoms with Crippen LogP contribution in [-0.4, -0.2) is 63.6 Å². The van der Waals surface area contributed by atoms with Gasteiger partial charge in [-0.15, -0.1) is 0 Å². The van der Waals surface area contributed by atoms with Crippen LogP contribution in [0.1, 0.15) is 5.82 Å². The Bertz CT molecular complexity index is 982. The molecular formula is C15H19FN4O6S2. The molecular weight excluding hydrogens is 415 g/mol. The predicted octanol–water partition coefficient (Wildman–Crippen LogP) is 0.780. The van der Waals surface area contributed by atoms with Gasteiger partial charge >= 0.3 is 16.5 Å². The number of nitrogens with zero attached hydrogens (tertiary/aromatic N) is 4. The predicted molar refractivity (Wildman–Crippen MR) is 98.5 cm³/mol. The number of benzene rings is 1. The molecule has 0 amide bonds. The van der Waals surface area contributed by atoms with Crippen LogP contribution in [0.2, 0.25) is 0 Å². The van der Waals surface area contributed by atoms with Crippen LogP contribution in [-0.2, 0) is 28.6 Å². The monoisotopic (exact) mass is 434 g/mol. The van der Waals surface area contributed by atoms with Gasteiger partial charge < -0.3 is 4.90 Å². The SMILES string of the molecule is COS(=O)(=O)OCCS(=O)(=O)CCN(c1ccccc1)c1nc(C)nc(F)n1. The number of aromatic nitrogens is 3. The number of hydrogen-bond donors (Lipinski definition) is 0. The first-order valence-corrected chi connectivity index (χ1v) is 11.1. The Morgan fingerprint density at radius 2 is 1.71 bits per heavy atom. The Kier molecular flexibility index (Phi) is 7.35. The molecule has 2 rings (SSSR count). The molecule has 0 N–H and O–H groups in total. The van der Waals surface area contributed by atoms with E-state index < -0.39 is 38.7 Å². The van der Waals surface area contributed by atoms with Crippen molar-refractivity contribution in [3.8, 4) is 0 Å². The van der Waals surface area contributed by atoms with Crippen LogP contribution in [0.25, 0.3) is 0 Å². The second-order valence-electron chi connectivity index (χ2n) is 5.49. The van der Waals surface area contributed by atoms with E-state index in [0.29, 0.717) is 5.69 Å². The minimum Gasteiger partial charge on any atom is -0.309 e. The van der Waals surface area contributed by atoms with E-state index in [4.69, 9.17) is 0 Å². The van der Waals surface area contributed by atoms with Crippen LogP contribution < -0.4 is 4.90 Å². The summed E-state index contributed by atoms with van der Waals surface area (Å²) < 4.78 is 68.7. The van der Waals surface area contributed by atoms with Crippen molar-refractivity contribution in [2.75, 3.05) is 36.7 Å². The molecule has 0 aliphatic rings. The van der Waals surface area contributed by atoms with Crippen molar-refractivity contribution in [2.45, 2.75) is 6.92 Å². The van der Waals surface area contributed by atoms with E-state index in [1.807, 2.05) is 0 Å². The molecule has 13 heteroatoms. The normalized spacial score (nSPS) is 12.1. The highest BCUT2D eigenvalue weighted by Gasteiger charge is 2.20. The van der Waals surface area contributed by atoms with E-state index >= 15 is 0 Å². The topological polar surface area (TPSA) is 129 Å². The smallest absolute Gasteiger partial charge is 0.309 e. The van der Waals surface area contributed by atoms with Crippen molar-refractivity contribution in [1.29, 1.82) is 0 Å². The van der Waals surface area contributed by atoms with Crippen LogP contribution in [0.15, 0.2) is 30.3 Å². The van der Waals surface area contributed by atoms with E-state index in [9.17, 15) is 21.2 Å². The van der Waals surface area contributed by atoms with Gasteiger partial charge in [-0.3, -0.25) is 4.18 Å². The Hall–Kier alpha value is -2.22. The highest BCUT2D eigenvalue weighted by atomic mass is 32.3. The molecule has 0 saturated carbocycles. The molecule has 0 bridgehead atoms. The number of aryl methyl sites for hydroxylation is 1. The van der Waals surface area contributed by atoms with Crippen LogP contribution in [0.3, 0.4) is 0 Å². The van der Waals surface area contributed by atoms with Gasteiger partial charge in [0, 0.05) is 12.2 Å². The second-order valence-corrected chi connectivity index (χ2v) is 9.18. The first-order valence-electron chi connectivity index (χ1n) is 7.98. The van der Waals surface area contributed by atoms with Crippen molar-refractivity contribution < 1.29 is 29.6 Å². The third-order valence-electron chi connectivity index (χ3n) is 3.47. The van der Waals surface area contributed by atoms with E-state index in [1.165, 1.54) is 11.8 Å². The lowest BCUT2D eigenvalue weighted by atomic mass is 10.3. The molecule has 0 unspecified atom stereocenters. The molecule has 1 heterocycles. The molecule has 1 aromatic carbocycles. The standard InChI is InChI=1S/C15H19FN4O6S2/c1-12-17-14(16)19-15(18-12)20(13-6-4-3-5-7-13)8-10-27(21,22)11-9-26-28(23,24)25-2/h3-7H,8-11H2,1-2H3. The van der Waals surface area contributed by atoms with Crippen molar-refractivity contribution >= 4 is 31.9 Å². The summed E-state index contributed by atoms with van der Waals surface area (Å²) in [7, 11) is -7.01. The van der Waals surface area contributed by atoms with Gasteiger partial charge in [-0.2, -0.15) is 27.8 Å². The number of para-hydroxylation sites is 1. The summed E-state index contributed by atoms with van der Waals surface area (Å²) in [6, 6.07) is 8.61. The number of halogens is 1. The lowest BCUT2D eigenvalue weighted by Gasteiger charge is -2.22. The van der Waals surface area contributed by atoms with Gasteiger partial charge in [0.15, 0.2) is 9.84 Å². The summed E-state index contributed by atoms with van der Waals surface area (Å²) in [5, 5.41) is 0. The van der Waals surface area contributed by atoms with E-state index in [0.717, 1.165) is 7.11 Å². The van der Waals surface area contributed by atoms with Gasteiger partial charge in [0.1, 0.15) is 5.82 Å². The largest absolute Gasteiger partial charge is 0.399 e. The maximum atomic E-state index is 13.6. The first kappa shape index (κ1) is 22.1. The lowest BCUT2D eigenvalue weighted by Crippen LogP contribution is -2.29. The fourth-order valence-electron chi connectivity index (χ4n) is 2.15. The fraction of sp³-hybridized carbons (Fsp3) is 0.400. The van der Waals surface area contributed by atoms with Crippen molar-refractivity contribution in [3.63, 3.8) is 0 Å². The third kappa shape index (κ3) is 6.74. The molecule has 0 atom stereocenters. The van der Waals surface area contributed by atoms with E-state index in [1.54, 1.807) is 30.3 Å². The highest BCUT2D eigenvalue weighted by molar-refractivity contribution is 7.91. The van der Waals surface area contributed by atoms with Crippen molar-refractivity contribution in [2.24, 2.45) is 0 Å². The molecule has 0 saturated heterocycles. The molecule has 0 aliphatic heterocycles. The Balaban J connectivity index is 2.15. The summed E-state index contributed by atoms with van der Waals surface area (Å²) in [6.07, 6.45) is -0.982. The summed E-state index contributed by atoms with van der Waals surface area (Å²) in [4.78, 5) is 12.6. The molecule has 0 radical (unpaired) electrons. The average molecular weight is 434 g/mol. The van der Waals surface area contributed by atoms with Crippen LogP contribution in [0.4, 0.5) is 16.0 Å². The average Bonchev–Trinajstić information content (AvgIpc) is 2.61. The van der Waals surface area contributed by atoms with Gasteiger partial charge in [-0.25, -0.2) is 12.6 Å². The van der Waals surface area contributed by atoms with Gasteiger partial charge in [0.2, 0.25) is 5.95 Å². The fourth-order valence-corrected chi connectivity index (χ4v) is 3.64. The maximum absolute atomic E-state index is 13.6. The number of hydrogen-bond acceptors (Lipinski definition) is 10. The van der Waals surface area contributed by atoms with E-state index in [-0.39, 0.29) is 24.1 Å². The van der Waals surface area contributed by atoms with Crippen molar-refractivity contribution in [3.05, 3.63) is 42.2 Å². The Morgan fingerprint density at radius 3 is 2.32 bits per heavy atom. The second kappa shape index (κ2) is 9.32. The molecule has 0 spiro atoms. The Morgan fingerprint density at radius 1 is 1.04 bits per heavy atom. The van der Waals surface area contributed by atoms with Gasteiger partial charge in [0.25, 0.3) is 0 Å². The zero-order valence-electron chi connectivity index (χ0n) is 15.1. The zero-order chi connectivity index (χ0) is 20.8. The zero-order valence-corrected chi connectivity index (χ0v) is 16.8. The molecule has 2 aromatic rings. The minimum atomic E-state index is -4.21. The first-order chi connectivity index (χ1) is 13.1. The van der Waals surface area contributed by atoms with Gasteiger partial charge in [-0.1, -0.05) is 18.2 Å². The van der Waals surface area contributed by atoms with Crippen molar-refractivity contribution in [1.82, 2.24) is 15.0 Å².